The molecule has 1 saturated carbocycles. The molecule has 0 spiro atoms. The Balaban J connectivity index is 0.000000178. The van der Waals surface area contributed by atoms with Crippen molar-refractivity contribution in [3.8, 4) is 5.75 Å². The lowest BCUT2D eigenvalue weighted by atomic mass is 10.1. The third-order valence-electron chi connectivity index (χ3n) is 5.62. The van der Waals surface area contributed by atoms with Gasteiger partial charge in [0.2, 0.25) is 6.10 Å². The monoisotopic (exact) mass is 544 g/mol. The van der Waals surface area contributed by atoms with Gasteiger partial charge in [-0.2, -0.15) is 21.6 Å². The van der Waals surface area contributed by atoms with Crippen LogP contribution in [0.15, 0.2) is 84.9 Å². The molecule has 0 bridgehead atoms. The number of rotatable bonds is 4. The van der Waals surface area contributed by atoms with Crippen LogP contribution >= 0.6 is 0 Å². The maximum absolute atomic E-state index is 12.1. The quantitative estimate of drug-likeness (QED) is 0.147. The Kier molecular flexibility index (Phi) is 7.49. The van der Waals surface area contributed by atoms with Crippen molar-refractivity contribution in [2.24, 2.45) is 0 Å². The average Bonchev–Trinajstić information content (AvgIpc) is 3.20. The first-order valence-electron chi connectivity index (χ1n) is 11.2. The van der Waals surface area contributed by atoms with Gasteiger partial charge in [0.15, 0.2) is 11.6 Å². The predicted octanol–water partition coefficient (Wildman–Crippen LogP) is 5.37. The number of carbonyl (C=O) groups is 3. The van der Waals surface area contributed by atoms with Gasteiger partial charge in [-0.25, -0.2) is 4.79 Å². The van der Waals surface area contributed by atoms with Gasteiger partial charge in [0.1, 0.15) is 5.75 Å². The number of ether oxygens (including phenoxy) is 1. The molecule has 0 amide bonds. The van der Waals surface area contributed by atoms with Gasteiger partial charge in [-0.3, -0.25) is 9.59 Å². The van der Waals surface area contributed by atoms with E-state index in [0.29, 0.717) is 10.9 Å². The first kappa shape index (κ1) is 26.8. The number of halogens is 3. The molecule has 38 heavy (non-hydrogen) atoms. The lowest BCUT2D eigenvalue weighted by Crippen LogP contribution is -2.28. The summed E-state index contributed by atoms with van der Waals surface area (Å²) in [5, 5.41) is 3.28. The third-order valence-corrected chi connectivity index (χ3v) is 6.60. The number of hydrogen-bond acceptors (Lipinski definition) is 7. The van der Waals surface area contributed by atoms with Gasteiger partial charge in [0.25, 0.3) is 0 Å². The average molecular weight is 545 g/mol. The van der Waals surface area contributed by atoms with Crippen molar-refractivity contribution in [2.45, 2.75) is 24.5 Å². The van der Waals surface area contributed by atoms with E-state index >= 15 is 0 Å². The third kappa shape index (κ3) is 6.00. The fourth-order valence-corrected chi connectivity index (χ4v) is 4.16. The van der Waals surface area contributed by atoms with Crippen molar-refractivity contribution in [3.63, 3.8) is 0 Å². The van der Waals surface area contributed by atoms with E-state index in [1.807, 2.05) is 30.3 Å². The Morgan fingerprint density at radius 1 is 0.737 bits per heavy atom. The molecule has 4 aromatic carbocycles. The molecule has 0 N–H and O–H groups in total. The van der Waals surface area contributed by atoms with Crippen LogP contribution in [0.3, 0.4) is 0 Å². The summed E-state index contributed by atoms with van der Waals surface area (Å²) in [6.07, 6.45) is -0.891. The van der Waals surface area contributed by atoms with Crippen LogP contribution in [0.2, 0.25) is 0 Å². The maximum Gasteiger partial charge on any atom is 0.534 e. The minimum Gasteiger partial charge on any atom is -0.443 e. The fraction of sp³-hybridized carbons (Fsp3) is 0.148. The molecule has 5 rings (SSSR count). The predicted molar refractivity (Wildman–Crippen MR) is 132 cm³/mol. The van der Waals surface area contributed by atoms with Gasteiger partial charge in [-0.05, 0) is 45.8 Å². The van der Waals surface area contributed by atoms with E-state index in [1.54, 1.807) is 36.4 Å². The highest BCUT2D eigenvalue weighted by atomic mass is 32.2. The minimum absolute atomic E-state index is 0.161. The van der Waals surface area contributed by atoms with Gasteiger partial charge in [-0.1, -0.05) is 60.7 Å². The van der Waals surface area contributed by atoms with Crippen molar-refractivity contribution >= 4 is 49.2 Å². The van der Waals surface area contributed by atoms with Gasteiger partial charge in [0, 0.05) is 12.8 Å². The van der Waals surface area contributed by atoms with Crippen molar-refractivity contribution in [3.05, 3.63) is 90.5 Å². The molecular weight excluding hydrogens is 525 g/mol. The van der Waals surface area contributed by atoms with E-state index in [9.17, 15) is 36.0 Å². The second-order valence-electron chi connectivity index (χ2n) is 8.27. The van der Waals surface area contributed by atoms with Crippen molar-refractivity contribution < 1.29 is 44.9 Å². The molecule has 0 aromatic heterocycles. The zero-order valence-corrected chi connectivity index (χ0v) is 20.3. The highest BCUT2D eigenvalue weighted by Gasteiger charge is 2.48. The molecule has 1 aliphatic carbocycles. The lowest BCUT2D eigenvalue weighted by Gasteiger charge is -2.09. The summed E-state index contributed by atoms with van der Waals surface area (Å²) in [5.74, 6) is -1.64. The molecule has 0 atom stereocenters. The van der Waals surface area contributed by atoms with Crippen LogP contribution in [-0.2, 0) is 24.4 Å². The standard InChI is InChI=1S/C16H12O4.C11H7F3O3S/c17-13-7-8-14(18)15(13)20-16(19)12-6-5-10-3-1-2-4-11(10)9-12;12-11(13,14)18(15,16)17-10-6-5-8-3-1-2-4-9(8)7-10/h1-6,9,15H,7-8H2;1-7H. The summed E-state index contributed by atoms with van der Waals surface area (Å²) in [6, 6.07) is 23.5. The van der Waals surface area contributed by atoms with Crippen molar-refractivity contribution in [1.82, 2.24) is 0 Å². The Bertz CT molecular complexity index is 1630. The van der Waals surface area contributed by atoms with Crippen LogP contribution < -0.4 is 4.18 Å². The van der Waals surface area contributed by atoms with E-state index in [0.717, 1.165) is 16.2 Å². The summed E-state index contributed by atoms with van der Waals surface area (Å²) in [4.78, 5) is 34.9. The zero-order valence-electron chi connectivity index (χ0n) is 19.5. The number of carbonyl (C=O) groups excluding carboxylic acids is 3. The molecular formula is C27H19F3O7S. The number of hydrogen-bond donors (Lipinski definition) is 0. The summed E-state index contributed by atoms with van der Waals surface area (Å²) < 4.78 is 67.0. The Morgan fingerprint density at radius 3 is 1.79 bits per heavy atom. The van der Waals surface area contributed by atoms with E-state index < -0.39 is 27.7 Å². The molecule has 0 saturated heterocycles. The number of ketones is 2. The normalized spacial score (nSPS) is 14.3. The zero-order chi connectivity index (χ0) is 27.5. The molecule has 0 radical (unpaired) electrons. The molecule has 1 fully saturated rings. The van der Waals surface area contributed by atoms with E-state index in [4.69, 9.17) is 4.74 Å². The van der Waals surface area contributed by atoms with Gasteiger partial charge >= 0.3 is 21.6 Å². The van der Waals surface area contributed by atoms with Crippen LogP contribution in [0.1, 0.15) is 23.2 Å². The number of alkyl halides is 3. The summed E-state index contributed by atoms with van der Waals surface area (Å²) in [5.41, 5.74) is -5.09. The molecule has 1 aliphatic rings. The lowest BCUT2D eigenvalue weighted by molar-refractivity contribution is -0.133. The minimum atomic E-state index is -5.62. The smallest absolute Gasteiger partial charge is 0.443 e. The highest BCUT2D eigenvalue weighted by molar-refractivity contribution is 7.88. The Labute approximate surface area is 214 Å². The second kappa shape index (κ2) is 10.6. The number of fused-ring (bicyclic) bond motifs is 2. The van der Waals surface area contributed by atoms with Crippen molar-refractivity contribution in [1.29, 1.82) is 0 Å². The van der Waals surface area contributed by atoms with Crippen molar-refractivity contribution in [2.75, 3.05) is 0 Å². The molecule has 196 valence electrons. The second-order valence-corrected chi connectivity index (χ2v) is 9.81. The van der Waals surface area contributed by atoms with Crippen LogP contribution in [0.5, 0.6) is 5.75 Å². The molecule has 0 aliphatic heterocycles. The van der Waals surface area contributed by atoms with Gasteiger partial charge < -0.3 is 8.92 Å². The number of esters is 1. The van der Waals surface area contributed by atoms with E-state index in [2.05, 4.69) is 4.18 Å². The Morgan fingerprint density at radius 2 is 1.24 bits per heavy atom. The molecule has 7 nitrogen and oxygen atoms in total. The topological polar surface area (TPSA) is 104 Å². The SMILES string of the molecule is O=C(OC1C(=O)CCC1=O)c1ccc2ccccc2c1.O=S(=O)(Oc1ccc2ccccc2c1)C(F)(F)F. The highest BCUT2D eigenvalue weighted by Crippen LogP contribution is 2.28. The number of Topliss-reactive ketones (excluding diaryl/α,β-unsaturated/α-hetero) is 2. The van der Waals surface area contributed by atoms with E-state index in [-0.39, 0.29) is 30.2 Å². The number of benzene rings is 4. The van der Waals surface area contributed by atoms with E-state index in [1.165, 1.54) is 18.2 Å². The Hall–Kier alpha value is -4.25. The molecule has 0 heterocycles. The summed E-state index contributed by atoms with van der Waals surface area (Å²) >= 11 is 0. The van der Waals surface area contributed by atoms with Gasteiger partial charge in [0.05, 0.1) is 5.56 Å². The first-order chi connectivity index (χ1) is 17.9. The fourth-order valence-electron chi connectivity index (χ4n) is 3.70. The first-order valence-corrected chi connectivity index (χ1v) is 12.6. The maximum atomic E-state index is 12.1. The largest absolute Gasteiger partial charge is 0.534 e. The molecule has 11 heteroatoms. The molecule has 4 aromatic rings. The van der Waals surface area contributed by atoms with Gasteiger partial charge in [-0.15, -0.1) is 0 Å². The van der Waals surface area contributed by atoms with Crippen LogP contribution in [-0.4, -0.2) is 37.6 Å². The van der Waals surface area contributed by atoms with Crippen LogP contribution in [0.25, 0.3) is 21.5 Å². The summed E-state index contributed by atoms with van der Waals surface area (Å²) in [6.45, 7) is 0. The summed E-state index contributed by atoms with van der Waals surface area (Å²) in [7, 11) is -5.62. The molecule has 0 unspecified atom stereocenters. The van der Waals surface area contributed by atoms with Crippen LogP contribution in [0.4, 0.5) is 13.2 Å². The van der Waals surface area contributed by atoms with Crippen LogP contribution in [0, 0.1) is 0 Å².